The van der Waals surface area contributed by atoms with E-state index in [1.165, 1.54) is 0 Å². The molecule has 0 aromatic carbocycles. The van der Waals surface area contributed by atoms with Gasteiger partial charge in [0.25, 0.3) is 0 Å². The van der Waals surface area contributed by atoms with Crippen molar-refractivity contribution in [2.45, 2.75) is 11.4 Å². The third-order valence-electron chi connectivity index (χ3n) is 1.65. The maximum absolute atomic E-state index is 4.26. The molecular weight excluding hydrogens is 239 g/mol. The zero-order valence-corrected chi connectivity index (χ0v) is 10.8. The normalized spacial score (nSPS) is 9.14. The van der Waals surface area contributed by atoms with Crippen molar-refractivity contribution in [3.05, 3.63) is 24.5 Å². The second-order valence-corrected chi connectivity index (χ2v) is 3.62. The second-order valence-electron chi connectivity index (χ2n) is 3.10. The zero-order valence-electron chi connectivity index (χ0n) is 8.35. The van der Waals surface area contributed by atoms with E-state index in [1.807, 2.05) is 18.3 Å². The van der Waals surface area contributed by atoms with Crippen LogP contribution in [0.1, 0.15) is 0 Å². The predicted molar refractivity (Wildman–Crippen MR) is 59.7 cm³/mol. The maximum atomic E-state index is 4.26. The van der Waals surface area contributed by atoms with Gasteiger partial charge in [-0.25, -0.2) is 4.57 Å². The highest BCUT2D eigenvalue weighted by molar-refractivity contribution is 7.80. The summed E-state index contributed by atoms with van der Waals surface area (Å²) in [6, 6.07) is 3.99. The fourth-order valence-electron chi connectivity index (χ4n) is 0.963. The highest BCUT2D eigenvalue weighted by atomic mass is 35.5. The van der Waals surface area contributed by atoms with Crippen LogP contribution in [-0.4, -0.2) is 25.5 Å². The molecule has 5 heteroatoms. The molecule has 0 radical (unpaired) electrons. The lowest BCUT2D eigenvalue weighted by Gasteiger charge is -2.05. The highest BCUT2D eigenvalue weighted by Crippen LogP contribution is 1.98. The Morgan fingerprint density at radius 1 is 1.43 bits per heavy atom. The summed E-state index contributed by atoms with van der Waals surface area (Å²) in [4.78, 5) is 3.18. The van der Waals surface area contributed by atoms with E-state index < -0.39 is 0 Å². The molecule has 1 heterocycles. The van der Waals surface area contributed by atoms with Crippen molar-refractivity contribution in [2.75, 3.05) is 20.6 Å². The first-order valence-corrected chi connectivity index (χ1v) is 4.46. The second kappa shape index (κ2) is 8.36. The van der Waals surface area contributed by atoms with Gasteiger partial charge < -0.3 is 17.3 Å². The van der Waals surface area contributed by atoms with Gasteiger partial charge in [0, 0.05) is 6.07 Å². The quantitative estimate of drug-likeness (QED) is 0.497. The minimum atomic E-state index is 0. The van der Waals surface area contributed by atoms with Crippen LogP contribution in [0.3, 0.4) is 0 Å². The molecule has 0 unspecified atom stereocenters. The van der Waals surface area contributed by atoms with Crippen molar-refractivity contribution in [1.82, 2.24) is 4.90 Å². The van der Waals surface area contributed by atoms with Crippen molar-refractivity contribution < 1.29 is 17.0 Å². The largest absolute Gasteiger partial charge is 1.00 e. The minimum Gasteiger partial charge on any atom is -1.00 e. The number of rotatable bonds is 3. The summed E-state index contributed by atoms with van der Waals surface area (Å²) in [5.41, 5.74) is 0. The number of likely N-dealkylation sites (N-methyl/N-ethyl adjacent to an activating group) is 1. The molecule has 0 fully saturated rings. The van der Waals surface area contributed by atoms with E-state index >= 15 is 0 Å². The van der Waals surface area contributed by atoms with Crippen molar-refractivity contribution >= 4 is 25.0 Å². The van der Waals surface area contributed by atoms with Crippen LogP contribution in [0.2, 0.25) is 0 Å². The van der Waals surface area contributed by atoms with Crippen LogP contribution in [0.25, 0.3) is 0 Å². The summed E-state index contributed by atoms with van der Waals surface area (Å²) < 4.78 is 2.14. The summed E-state index contributed by atoms with van der Waals surface area (Å²) >= 11 is 4.26. The Labute approximate surface area is 104 Å². The first-order chi connectivity index (χ1) is 5.68. The molecule has 82 valence electrons. The Hall–Kier alpha value is 0.0400. The molecular formula is C9H16Cl2N2S. The molecule has 0 aliphatic heterocycles. The molecule has 0 aliphatic rings. The number of thiol groups is 1. The van der Waals surface area contributed by atoms with Gasteiger partial charge in [0.1, 0.15) is 0 Å². The van der Waals surface area contributed by atoms with E-state index in [4.69, 9.17) is 0 Å². The Balaban J connectivity index is 0. The van der Waals surface area contributed by atoms with Gasteiger partial charge in [-0.05, 0) is 20.2 Å². The molecule has 0 bridgehead atoms. The summed E-state index contributed by atoms with van der Waals surface area (Å²) in [6.45, 7) is 2.07. The molecule has 0 aliphatic carbocycles. The van der Waals surface area contributed by atoms with Crippen LogP contribution in [-0.2, 0) is 6.54 Å². The summed E-state index contributed by atoms with van der Waals surface area (Å²) in [6.07, 6.45) is 4.09. The molecule has 1 rings (SSSR count). The van der Waals surface area contributed by atoms with Gasteiger partial charge in [-0.2, -0.15) is 0 Å². The lowest BCUT2D eigenvalue weighted by molar-refractivity contribution is -0.698. The van der Waals surface area contributed by atoms with Gasteiger partial charge in [-0.15, -0.1) is 25.0 Å². The topological polar surface area (TPSA) is 7.12 Å². The first kappa shape index (κ1) is 16.5. The van der Waals surface area contributed by atoms with Crippen LogP contribution in [0.15, 0.2) is 29.4 Å². The van der Waals surface area contributed by atoms with E-state index in [0.717, 1.165) is 18.0 Å². The van der Waals surface area contributed by atoms with Crippen LogP contribution in [0.5, 0.6) is 0 Å². The Morgan fingerprint density at radius 3 is 2.57 bits per heavy atom. The molecule has 0 spiro atoms. The fourth-order valence-corrected chi connectivity index (χ4v) is 1.20. The molecule has 0 saturated heterocycles. The van der Waals surface area contributed by atoms with Gasteiger partial charge in [-0.3, -0.25) is 0 Å². The SMILES string of the molecule is CN(C)CC[n+]1cccc(S)c1.Cl.[Cl-]. The monoisotopic (exact) mass is 254 g/mol. The summed E-state index contributed by atoms with van der Waals surface area (Å²) in [5, 5.41) is 0. The van der Waals surface area contributed by atoms with E-state index in [1.54, 1.807) is 0 Å². The standard InChI is InChI=1S/C9H14N2S.2ClH/c1-10(2)6-7-11-5-3-4-9(12)8-11;;/h3-5,8H,6-7H2,1-2H3;2*1H. The number of aromatic nitrogens is 1. The third kappa shape index (κ3) is 6.49. The average molecular weight is 255 g/mol. The molecule has 1 aromatic rings. The molecule has 0 atom stereocenters. The van der Waals surface area contributed by atoms with Crippen molar-refractivity contribution in [2.24, 2.45) is 0 Å². The zero-order chi connectivity index (χ0) is 8.97. The smallest absolute Gasteiger partial charge is 0.182 e. The molecule has 0 amide bonds. The van der Waals surface area contributed by atoms with Crippen LogP contribution >= 0.6 is 25.0 Å². The van der Waals surface area contributed by atoms with Crippen molar-refractivity contribution in [3.63, 3.8) is 0 Å². The maximum Gasteiger partial charge on any atom is 0.182 e. The molecule has 14 heavy (non-hydrogen) atoms. The van der Waals surface area contributed by atoms with Gasteiger partial charge in [-0.1, -0.05) is 0 Å². The molecule has 1 aromatic heterocycles. The molecule has 0 saturated carbocycles. The third-order valence-corrected chi connectivity index (χ3v) is 1.91. The van der Waals surface area contributed by atoms with Gasteiger partial charge in [0.2, 0.25) is 0 Å². The fraction of sp³-hybridized carbons (Fsp3) is 0.444. The Bertz CT molecular complexity index is 256. The highest BCUT2D eigenvalue weighted by Gasteiger charge is 2.00. The first-order valence-electron chi connectivity index (χ1n) is 4.01. The minimum absolute atomic E-state index is 0. The van der Waals surface area contributed by atoms with E-state index in [2.05, 4.69) is 42.4 Å². The number of hydrogen-bond acceptors (Lipinski definition) is 2. The van der Waals surface area contributed by atoms with Gasteiger partial charge >= 0.3 is 0 Å². The molecule has 2 nitrogen and oxygen atoms in total. The molecule has 0 N–H and O–H groups in total. The number of pyridine rings is 1. The Kier molecular flexibility index (Phi) is 9.83. The van der Waals surface area contributed by atoms with Crippen LogP contribution in [0, 0.1) is 0 Å². The van der Waals surface area contributed by atoms with Gasteiger partial charge in [0.05, 0.1) is 11.4 Å². The lowest BCUT2D eigenvalue weighted by atomic mass is 10.4. The summed E-state index contributed by atoms with van der Waals surface area (Å²) in [7, 11) is 4.15. The number of halogens is 2. The Morgan fingerprint density at radius 2 is 2.07 bits per heavy atom. The van der Waals surface area contributed by atoms with E-state index in [0.29, 0.717) is 0 Å². The summed E-state index contributed by atoms with van der Waals surface area (Å²) in [5.74, 6) is 0. The van der Waals surface area contributed by atoms with Crippen molar-refractivity contribution in [1.29, 1.82) is 0 Å². The number of nitrogens with zero attached hydrogens (tertiary/aromatic N) is 2. The number of hydrogen-bond donors (Lipinski definition) is 1. The predicted octanol–water partition coefficient (Wildman–Crippen LogP) is -1.75. The average Bonchev–Trinajstić information content (AvgIpc) is 2.01. The van der Waals surface area contributed by atoms with Crippen LogP contribution < -0.4 is 17.0 Å². The van der Waals surface area contributed by atoms with Crippen LogP contribution in [0.4, 0.5) is 0 Å². The van der Waals surface area contributed by atoms with E-state index in [-0.39, 0.29) is 24.8 Å². The van der Waals surface area contributed by atoms with Gasteiger partial charge in [0.15, 0.2) is 18.9 Å². The van der Waals surface area contributed by atoms with E-state index in [9.17, 15) is 0 Å². The lowest BCUT2D eigenvalue weighted by Crippen LogP contribution is -3.00. The van der Waals surface area contributed by atoms with Crippen molar-refractivity contribution in [3.8, 4) is 0 Å².